The zero-order chi connectivity index (χ0) is 15.4. The summed E-state index contributed by atoms with van der Waals surface area (Å²) in [4.78, 5) is 13.3. The van der Waals surface area contributed by atoms with Crippen LogP contribution in [0.15, 0.2) is 18.2 Å². The van der Waals surface area contributed by atoms with Crippen LogP contribution in [0.2, 0.25) is 0 Å². The van der Waals surface area contributed by atoms with E-state index in [0.717, 1.165) is 26.1 Å². The van der Waals surface area contributed by atoms with Gasteiger partial charge in [0.15, 0.2) is 5.75 Å². The van der Waals surface area contributed by atoms with Crippen LogP contribution in [0, 0.1) is 16.0 Å². The number of hydrogen-bond donors (Lipinski definition) is 1. The molecular weight excluding hydrogens is 270 g/mol. The van der Waals surface area contributed by atoms with Crippen LogP contribution in [0.4, 0.5) is 11.4 Å². The normalized spacial score (nSPS) is 19.0. The number of hydrogen-bond acceptors (Lipinski definition) is 5. The minimum atomic E-state index is -0.374. The van der Waals surface area contributed by atoms with E-state index in [1.165, 1.54) is 0 Å². The number of likely N-dealkylation sites (tertiary alicyclic amines) is 1. The van der Waals surface area contributed by atoms with Crippen LogP contribution < -0.4 is 10.1 Å². The number of para-hydroxylation sites is 1. The zero-order valence-electron chi connectivity index (χ0n) is 12.8. The largest absolute Gasteiger partial charge is 0.484 e. The van der Waals surface area contributed by atoms with Crippen LogP contribution in [0.25, 0.3) is 0 Å². The van der Waals surface area contributed by atoms with Gasteiger partial charge in [-0.25, -0.2) is 0 Å². The predicted octanol–water partition coefficient (Wildman–Crippen LogP) is 2.75. The molecule has 0 amide bonds. The molecule has 0 spiro atoms. The highest BCUT2D eigenvalue weighted by Gasteiger charge is 2.24. The second kappa shape index (κ2) is 6.76. The van der Waals surface area contributed by atoms with Crippen molar-refractivity contribution in [2.45, 2.75) is 26.4 Å². The third-order valence-corrected chi connectivity index (χ3v) is 3.61. The summed E-state index contributed by atoms with van der Waals surface area (Å²) in [6, 6.07) is 5.17. The molecule has 116 valence electrons. The Morgan fingerprint density at radius 2 is 2.29 bits per heavy atom. The second-order valence-electron chi connectivity index (χ2n) is 5.87. The Balaban J connectivity index is 2.12. The van der Waals surface area contributed by atoms with Crippen molar-refractivity contribution >= 4 is 11.4 Å². The fourth-order valence-electron chi connectivity index (χ4n) is 2.65. The van der Waals surface area contributed by atoms with Crippen molar-refractivity contribution in [2.75, 3.05) is 32.0 Å². The van der Waals surface area contributed by atoms with Gasteiger partial charge in [0.25, 0.3) is 0 Å². The van der Waals surface area contributed by atoms with Crippen LogP contribution in [-0.4, -0.2) is 42.6 Å². The van der Waals surface area contributed by atoms with Crippen LogP contribution in [0.5, 0.6) is 5.75 Å². The number of nitro benzene ring substituents is 1. The number of rotatable bonds is 6. The number of nitrogens with one attached hydrogen (secondary N) is 1. The fourth-order valence-corrected chi connectivity index (χ4v) is 2.65. The average molecular weight is 293 g/mol. The minimum Gasteiger partial charge on any atom is -0.484 e. The quantitative estimate of drug-likeness (QED) is 0.645. The van der Waals surface area contributed by atoms with Crippen molar-refractivity contribution in [3.63, 3.8) is 0 Å². The van der Waals surface area contributed by atoms with Gasteiger partial charge < -0.3 is 15.0 Å². The van der Waals surface area contributed by atoms with Gasteiger partial charge in [-0.1, -0.05) is 6.07 Å². The molecule has 0 radical (unpaired) electrons. The molecule has 1 atom stereocenters. The summed E-state index contributed by atoms with van der Waals surface area (Å²) in [6.45, 7) is 6.58. The molecule has 1 saturated heterocycles. The first-order chi connectivity index (χ1) is 9.97. The lowest BCUT2D eigenvalue weighted by atomic mass is 10.1. The Bertz CT molecular complexity index is 505. The van der Waals surface area contributed by atoms with Gasteiger partial charge in [0.2, 0.25) is 0 Å². The van der Waals surface area contributed by atoms with Gasteiger partial charge >= 0.3 is 5.69 Å². The average Bonchev–Trinajstić information content (AvgIpc) is 2.81. The summed E-state index contributed by atoms with van der Waals surface area (Å²) in [5, 5.41) is 14.6. The molecule has 2 rings (SSSR count). The van der Waals surface area contributed by atoms with E-state index in [4.69, 9.17) is 4.74 Å². The molecule has 0 bridgehead atoms. The van der Waals surface area contributed by atoms with Crippen LogP contribution >= 0.6 is 0 Å². The summed E-state index contributed by atoms with van der Waals surface area (Å²) in [7, 11) is 2.10. The van der Waals surface area contributed by atoms with E-state index >= 15 is 0 Å². The van der Waals surface area contributed by atoms with Crippen molar-refractivity contribution in [1.29, 1.82) is 0 Å². The molecule has 1 aliphatic rings. The van der Waals surface area contributed by atoms with Crippen molar-refractivity contribution < 1.29 is 9.66 Å². The summed E-state index contributed by atoms with van der Waals surface area (Å²) in [5.74, 6) is 0.854. The molecule has 6 heteroatoms. The number of nitro groups is 1. The monoisotopic (exact) mass is 293 g/mol. The van der Waals surface area contributed by atoms with E-state index in [9.17, 15) is 10.1 Å². The summed E-state index contributed by atoms with van der Waals surface area (Å²) in [6.07, 6.45) is 1.03. The van der Waals surface area contributed by atoms with E-state index in [0.29, 0.717) is 17.4 Å². The zero-order valence-corrected chi connectivity index (χ0v) is 12.8. The Morgan fingerprint density at radius 3 is 2.86 bits per heavy atom. The summed E-state index contributed by atoms with van der Waals surface area (Å²) < 4.78 is 5.55. The summed E-state index contributed by atoms with van der Waals surface area (Å²) in [5.41, 5.74) is 0.560. The molecule has 1 aromatic rings. The molecule has 1 heterocycles. The lowest BCUT2D eigenvalue weighted by Crippen LogP contribution is -2.19. The molecular formula is C15H23N3O3. The summed E-state index contributed by atoms with van der Waals surface area (Å²) >= 11 is 0. The lowest BCUT2D eigenvalue weighted by Gasteiger charge is -2.15. The van der Waals surface area contributed by atoms with Gasteiger partial charge in [-0.3, -0.25) is 10.1 Å². The van der Waals surface area contributed by atoms with E-state index in [1.54, 1.807) is 18.2 Å². The highest BCUT2D eigenvalue weighted by molar-refractivity contribution is 5.68. The van der Waals surface area contributed by atoms with E-state index in [1.807, 2.05) is 13.8 Å². The van der Waals surface area contributed by atoms with E-state index in [2.05, 4.69) is 17.3 Å². The van der Waals surface area contributed by atoms with Crippen LogP contribution in [-0.2, 0) is 0 Å². The molecule has 1 fully saturated rings. The SMILES string of the molecule is CC(C)Oc1cccc(NCC2CCN(C)C2)c1[N+](=O)[O-]. The van der Waals surface area contributed by atoms with Gasteiger partial charge in [-0.2, -0.15) is 0 Å². The Labute approximate surface area is 125 Å². The third kappa shape index (κ3) is 4.07. The molecule has 0 aromatic heterocycles. The first kappa shape index (κ1) is 15.6. The van der Waals surface area contributed by atoms with Gasteiger partial charge in [0, 0.05) is 13.1 Å². The van der Waals surface area contributed by atoms with Gasteiger partial charge in [0.1, 0.15) is 5.69 Å². The number of benzene rings is 1. The standard InChI is InChI=1S/C15H23N3O3/c1-11(2)21-14-6-4-5-13(15(14)18(19)20)16-9-12-7-8-17(3)10-12/h4-6,11-12,16H,7-10H2,1-3H3. The smallest absolute Gasteiger partial charge is 0.333 e. The van der Waals surface area contributed by atoms with E-state index in [-0.39, 0.29) is 16.7 Å². The Kier molecular flexibility index (Phi) is 5.01. The van der Waals surface area contributed by atoms with Gasteiger partial charge in [-0.05, 0) is 51.9 Å². The van der Waals surface area contributed by atoms with Crippen LogP contribution in [0.3, 0.4) is 0 Å². The topological polar surface area (TPSA) is 67.6 Å². The maximum atomic E-state index is 11.3. The molecule has 1 N–H and O–H groups in total. The third-order valence-electron chi connectivity index (χ3n) is 3.61. The van der Waals surface area contributed by atoms with Crippen molar-refractivity contribution in [2.24, 2.45) is 5.92 Å². The second-order valence-corrected chi connectivity index (χ2v) is 5.87. The highest BCUT2D eigenvalue weighted by Crippen LogP contribution is 2.35. The number of anilines is 1. The lowest BCUT2D eigenvalue weighted by molar-refractivity contribution is -0.385. The van der Waals surface area contributed by atoms with Crippen molar-refractivity contribution in [3.8, 4) is 5.75 Å². The molecule has 0 saturated carbocycles. The van der Waals surface area contributed by atoms with Gasteiger partial charge in [0.05, 0.1) is 11.0 Å². The maximum Gasteiger partial charge on any atom is 0.333 e. The fraction of sp³-hybridized carbons (Fsp3) is 0.600. The first-order valence-electron chi connectivity index (χ1n) is 7.34. The first-order valence-corrected chi connectivity index (χ1v) is 7.34. The van der Waals surface area contributed by atoms with Crippen molar-refractivity contribution in [3.05, 3.63) is 28.3 Å². The van der Waals surface area contributed by atoms with Crippen molar-refractivity contribution in [1.82, 2.24) is 4.90 Å². The van der Waals surface area contributed by atoms with E-state index < -0.39 is 0 Å². The maximum absolute atomic E-state index is 11.3. The number of nitrogens with zero attached hydrogens (tertiary/aromatic N) is 2. The molecule has 1 aromatic carbocycles. The minimum absolute atomic E-state index is 0.0255. The Morgan fingerprint density at radius 1 is 1.52 bits per heavy atom. The Hall–Kier alpha value is -1.82. The molecule has 6 nitrogen and oxygen atoms in total. The highest BCUT2D eigenvalue weighted by atomic mass is 16.6. The predicted molar refractivity (Wildman–Crippen MR) is 83.0 cm³/mol. The molecule has 21 heavy (non-hydrogen) atoms. The molecule has 1 unspecified atom stereocenters. The van der Waals surface area contributed by atoms with Gasteiger partial charge in [-0.15, -0.1) is 0 Å². The van der Waals surface area contributed by atoms with Crippen LogP contribution in [0.1, 0.15) is 20.3 Å². The number of ether oxygens (including phenoxy) is 1. The molecule has 1 aliphatic heterocycles. The molecule has 0 aliphatic carbocycles.